The van der Waals surface area contributed by atoms with Crippen LogP contribution in [0, 0.1) is 5.82 Å². The van der Waals surface area contributed by atoms with E-state index in [1.165, 1.54) is 24.5 Å². The van der Waals surface area contributed by atoms with Crippen LogP contribution in [0.1, 0.15) is 10.4 Å². The molecule has 2 aromatic rings. The highest BCUT2D eigenvalue weighted by Gasteiger charge is 2.05. The maximum absolute atomic E-state index is 13.2. The Morgan fingerprint density at radius 2 is 2.31 bits per heavy atom. The fourth-order valence-corrected chi connectivity index (χ4v) is 2.14. The molecule has 2 N–H and O–H groups in total. The van der Waals surface area contributed by atoms with Crippen molar-refractivity contribution in [2.75, 3.05) is 12.8 Å². The molecule has 0 fully saturated rings. The van der Waals surface area contributed by atoms with Gasteiger partial charge in [-0.15, -0.1) is 11.3 Å². The first-order chi connectivity index (χ1) is 7.69. The topological polar surface area (TPSA) is 48.1 Å². The molecule has 1 aromatic carbocycles. The van der Waals surface area contributed by atoms with Crippen LogP contribution in [0.25, 0.3) is 0 Å². The highest BCUT2D eigenvalue weighted by molar-refractivity contribution is 7.15. The van der Waals surface area contributed by atoms with Gasteiger partial charge in [0.05, 0.1) is 7.11 Å². The highest BCUT2D eigenvalue weighted by atomic mass is 32.1. The second-order valence-corrected chi connectivity index (χ2v) is 4.46. The molecular formula is C11H11FN2OS. The maximum Gasteiger partial charge on any atom is 0.180 e. The minimum Gasteiger partial charge on any atom is -0.494 e. The minimum absolute atomic E-state index is 0.259. The second-order valence-electron chi connectivity index (χ2n) is 3.31. The number of nitrogen functional groups attached to an aromatic ring is 1. The number of nitrogens with zero attached hydrogens (tertiary/aromatic N) is 1. The third kappa shape index (κ3) is 2.30. The van der Waals surface area contributed by atoms with E-state index in [0.29, 0.717) is 11.6 Å². The van der Waals surface area contributed by atoms with Gasteiger partial charge in [-0.2, -0.15) is 0 Å². The Bertz CT molecular complexity index is 498. The van der Waals surface area contributed by atoms with E-state index in [1.54, 1.807) is 18.3 Å². The van der Waals surface area contributed by atoms with Crippen molar-refractivity contribution < 1.29 is 9.13 Å². The maximum atomic E-state index is 13.2. The fourth-order valence-electron chi connectivity index (χ4n) is 1.42. The molecule has 0 aliphatic carbocycles. The number of halogens is 1. The molecule has 16 heavy (non-hydrogen) atoms. The van der Waals surface area contributed by atoms with Crippen molar-refractivity contribution in [3.63, 3.8) is 0 Å². The Kier molecular flexibility index (Phi) is 3.05. The van der Waals surface area contributed by atoms with Crippen molar-refractivity contribution in [1.29, 1.82) is 0 Å². The Hall–Kier alpha value is -1.62. The zero-order valence-electron chi connectivity index (χ0n) is 8.74. The van der Waals surface area contributed by atoms with E-state index in [0.717, 1.165) is 10.4 Å². The molecule has 0 spiro atoms. The molecule has 0 radical (unpaired) electrons. The van der Waals surface area contributed by atoms with Crippen molar-refractivity contribution in [2.24, 2.45) is 0 Å². The summed E-state index contributed by atoms with van der Waals surface area (Å²) in [5.41, 5.74) is 6.51. The monoisotopic (exact) mass is 238 g/mol. The molecule has 0 bridgehead atoms. The van der Waals surface area contributed by atoms with Crippen LogP contribution in [-0.4, -0.2) is 12.1 Å². The van der Waals surface area contributed by atoms with E-state index < -0.39 is 0 Å². The first-order valence-corrected chi connectivity index (χ1v) is 5.53. The third-order valence-electron chi connectivity index (χ3n) is 2.17. The van der Waals surface area contributed by atoms with Gasteiger partial charge in [0.25, 0.3) is 0 Å². The summed E-state index contributed by atoms with van der Waals surface area (Å²) >= 11 is 1.43. The van der Waals surface area contributed by atoms with Crippen LogP contribution in [0.3, 0.4) is 0 Å². The van der Waals surface area contributed by atoms with E-state index in [4.69, 9.17) is 10.5 Å². The average molecular weight is 238 g/mol. The van der Waals surface area contributed by atoms with Gasteiger partial charge >= 0.3 is 0 Å². The van der Waals surface area contributed by atoms with Gasteiger partial charge < -0.3 is 10.5 Å². The molecule has 84 valence electrons. The predicted octanol–water partition coefficient (Wildman–Crippen LogP) is 2.46. The van der Waals surface area contributed by atoms with Gasteiger partial charge in [-0.05, 0) is 17.7 Å². The molecule has 0 unspecified atom stereocenters. The van der Waals surface area contributed by atoms with Crippen LogP contribution in [0.2, 0.25) is 0 Å². The number of aromatic nitrogens is 1. The smallest absolute Gasteiger partial charge is 0.180 e. The summed E-state index contributed by atoms with van der Waals surface area (Å²) in [6, 6.07) is 4.82. The van der Waals surface area contributed by atoms with Crippen LogP contribution in [0.5, 0.6) is 5.75 Å². The van der Waals surface area contributed by atoms with Crippen molar-refractivity contribution >= 4 is 16.5 Å². The molecule has 0 saturated carbocycles. The lowest BCUT2D eigenvalue weighted by Gasteiger charge is -2.04. The summed E-state index contributed by atoms with van der Waals surface area (Å²) in [5, 5.41) is 0.545. The van der Waals surface area contributed by atoms with Gasteiger partial charge in [-0.25, -0.2) is 9.37 Å². The molecule has 0 saturated heterocycles. The molecule has 2 rings (SSSR count). The number of thiazole rings is 1. The quantitative estimate of drug-likeness (QED) is 0.893. The Morgan fingerprint density at radius 3 is 2.94 bits per heavy atom. The van der Waals surface area contributed by atoms with Gasteiger partial charge in [-0.3, -0.25) is 0 Å². The summed E-state index contributed by atoms with van der Waals surface area (Å²) in [7, 11) is 1.45. The lowest BCUT2D eigenvalue weighted by molar-refractivity contribution is 0.386. The van der Waals surface area contributed by atoms with Crippen LogP contribution >= 0.6 is 11.3 Å². The number of benzene rings is 1. The molecule has 0 aliphatic rings. The molecule has 5 heteroatoms. The predicted molar refractivity (Wildman–Crippen MR) is 62.3 cm³/mol. The first-order valence-electron chi connectivity index (χ1n) is 4.71. The first kappa shape index (κ1) is 10.9. The van der Waals surface area contributed by atoms with Gasteiger partial charge in [0.15, 0.2) is 16.7 Å². The summed E-state index contributed by atoms with van der Waals surface area (Å²) in [6.45, 7) is 0. The average Bonchev–Trinajstić information content (AvgIpc) is 2.67. The number of hydrogen-bond acceptors (Lipinski definition) is 4. The summed E-state index contributed by atoms with van der Waals surface area (Å²) in [4.78, 5) is 5.01. The van der Waals surface area contributed by atoms with E-state index >= 15 is 0 Å². The largest absolute Gasteiger partial charge is 0.494 e. The van der Waals surface area contributed by atoms with Gasteiger partial charge in [0, 0.05) is 17.5 Å². The zero-order chi connectivity index (χ0) is 11.5. The van der Waals surface area contributed by atoms with Crippen molar-refractivity contribution in [3.8, 4) is 5.75 Å². The number of anilines is 1. The van der Waals surface area contributed by atoms with E-state index in [1.807, 2.05) is 0 Å². The molecule has 0 aliphatic heterocycles. The van der Waals surface area contributed by atoms with Crippen LogP contribution < -0.4 is 10.5 Å². The molecular weight excluding hydrogens is 227 g/mol. The molecule has 1 aromatic heterocycles. The van der Waals surface area contributed by atoms with Crippen LogP contribution in [0.4, 0.5) is 9.52 Å². The van der Waals surface area contributed by atoms with E-state index in [-0.39, 0.29) is 11.6 Å². The molecule has 0 amide bonds. The lowest BCUT2D eigenvalue weighted by atomic mass is 10.1. The fraction of sp³-hybridized carbons (Fsp3) is 0.182. The van der Waals surface area contributed by atoms with E-state index in [9.17, 15) is 4.39 Å². The highest BCUT2D eigenvalue weighted by Crippen LogP contribution is 2.23. The number of methoxy groups -OCH3 is 1. The number of hydrogen-bond donors (Lipinski definition) is 1. The number of nitrogens with two attached hydrogens (primary N) is 1. The van der Waals surface area contributed by atoms with Crippen molar-refractivity contribution in [1.82, 2.24) is 4.98 Å². The lowest BCUT2D eigenvalue weighted by Crippen LogP contribution is -1.91. The van der Waals surface area contributed by atoms with Gasteiger partial charge in [-0.1, -0.05) is 6.07 Å². The summed E-state index contributed by atoms with van der Waals surface area (Å²) in [5.74, 6) is -0.0925. The normalized spacial score (nSPS) is 10.4. The Morgan fingerprint density at radius 1 is 1.50 bits per heavy atom. The van der Waals surface area contributed by atoms with Gasteiger partial charge in [0.1, 0.15) is 0 Å². The van der Waals surface area contributed by atoms with Gasteiger partial charge in [0.2, 0.25) is 0 Å². The summed E-state index contributed by atoms with van der Waals surface area (Å²) < 4.78 is 18.1. The third-order valence-corrected chi connectivity index (χ3v) is 2.99. The minimum atomic E-state index is -0.352. The molecule has 0 atom stereocenters. The SMILES string of the molecule is COc1cc(Cc2cnc(N)s2)ccc1F. The summed E-state index contributed by atoms with van der Waals surface area (Å²) in [6.07, 6.45) is 2.42. The van der Waals surface area contributed by atoms with Crippen LogP contribution in [0.15, 0.2) is 24.4 Å². The van der Waals surface area contributed by atoms with Crippen LogP contribution in [-0.2, 0) is 6.42 Å². The number of rotatable bonds is 3. The number of ether oxygens (including phenoxy) is 1. The second kappa shape index (κ2) is 4.49. The zero-order valence-corrected chi connectivity index (χ0v) is 9.55. The Labute approximate surface area is 96.7 Å². The van der Waals surface area contributed by atoms with Crippen molar-refractivity contribution in [2.45, 2.75) is 6.42 Å². The standard InChI is InChI=1S/C11H11FN2OS/c1-15-10-5-7(2-3-9(10)12)4-8-6-14-11(13)16-8/h2-3,5-6H,4H2,1H3,(H2,13,14). The molecule has 3 nitrogen and oxygen atoms in total. The molecule has 1 heterocycles. The Balaban J connectivity index is 2.21. The van der Waals surface area contributed by atoms with Crippen molar-refractivity contribution in [3.05, 3.63) is 40.7 Å². The van der Waals surface area contributed by atoms with E-state index in [2.05, 4.69) is 4.98 Å².